The first kappa shape index (κ1) is 16.7. The quantitative estimate of drug-likeness (QED) is 0.930. The molecule has 23 heavy (non-hydrogen) atoms. The van der Waals surface area contributed by atoms with E-state index in [0.717, 1.165) is 56.4 Å². The van der Waals surface area contributed by atoms with Gasteiger partial charge in [-0.15, -0.1) is 0 Å². The summed E-state index contributed by atoms with van der Waals surface area (Å²) in [7, 11) is 0. The monoisotopic (exact) mass is 319 g/mol. The van der Waals surface area contributed by atoms with Crippen molar-refractivity contribution in [3.05, 3.63) is 27.9 Å². The molecule has 5 nitrogen and oxygen atoms in total. The Balaban J connectivity index is 1.53. The van der Waals surface area contributed by atoms with Gasteiger partial charge in [0.15, 0.2) is 0 Å². The van der Waals surface area contributed by atoms with E-state index in [0.29, 0.717) is 5.92 Å². The minimum atomic E-state index is -0.0284. The van der Waals surface area contributed by atoms with E-state index >= 15 is 0 Å². The molecule has 0 bridgehead atoms. The standard InChI is InChI=1S/C18H29N3O2/c1-13-19-16(10-17(22)20-13)15-4-7-21(8-5-15)12-14-6-9-23-18(2,3)11-14/h10,14-15H,4-9,11-12H2,1-3H3,(H,19,20,22). The van der Waals surface area contributed by atoms with Crippen LogP contribution in [0.4, 0.5) is 0 Å². The van der Waals surface area contributed by atoms with Gasteiger partial charge in [0.05, 0.1) is 11.3 Å². The van der Waals surface area contributed by atoms with Crippen LogP contribution in [0, 0.1) is 12.8 Å². The summed E-state index contributed by atoms with van der Waals surface area (Å²) in [5.74, 6) is 1.90. The average molecular weight is 319 g/mol. The molecule has 0 aliphatic carbocycles. The molecule has 128 valence electrons. The highest BCUT2D eigenvalue weighted by Crippen LogP contribution is 2.31. The Morgan fingerprint density at radius 3 is 2.74 bits per heavy atom. The van der Waals surface area contributed by atoms with Gasteiger partial charge in [0.25, 0.3) is 5.56 Å². The van der Waals surface area contributed by atoms with E-state index in [1.54, 1.807) is 6.07 Å². The Morgan fingerprint density at radius 2 is 2.09 bits per heavy atom. The van der Waals surface area contributed by atoms with Crippen molar-refractivity contribution in [1.82, 2.24) is 14.9 Å². The summed E-state index contributed by atoms with van der Waals surface area (Å²) in [6.45, 7) is 10.5. The number of aromatic nitrogens is 2. The minimum Gasteiger partial charge on any atom is -0.376 e. The van der Waals surface area contributed by atoms with E-state index in [1.807, 2.05) is 6.92 Å². The SMILES string of the molecule is Cc1nc(C2CCN(CC3CCOC(C)(C)C3)CC2)cc(=O)[nH]1. The molecule has 3 heterocycles. The molecule has 2 aliphatic heterocycles. The molecule has 0 saturated carbocycles. The van der Waals surface area contributed by atoms with Crippen LogP contribution in [0.2, 0.25) is 0 Å². The summed E-state index contributed by atoms with van der Waals surface area (Å²) >= 11 is 0. The minimum absolute atomic E-state index is 0.0284. The molecule has 3 rings (SSSR count). The van der Waals surface area contributed by atoms with E-state index in [4.69, 9.17) is 4.74 Å². The zero-order chi connectivity index (χ0) is 16.4. The third-order valence-electron chi connectivity index (χ3n) is 5.20. The third-order valence-corrected chi connectivity index (χ3v) is 5.20. The van der Waals surface area contributed by atoms with Gasteiger partial charge in [0.2, 0.25) is 0 Å². The van der Waals surface area contributed by atoms with Crippen molar-refractivity contribution in [2.45, 2.75) is 58.0 Å². The second kappa shape index (κ2) is 6.73. The number of ether oxygens (including phenoxy) is 1. The average Bonchev–Trinajstić information content (AvgIpc) is 2.46. The van der Waals surface area contributed by atoms with Gasteiger partial charge in [-0.3, -0.25) is 4.79 Å². The van der Waals surface area contributed by atoms with E-state index in [-0.39, 0.29) is 11.2 Å². The number of aromatic amines is 1. The highest BCUT2D eigenvalue weighted by molar-refractivity contribution is 5.09. The largest absolute Gasteiger partial charge is 0.376 e. The molecule has 5 heteroatoms. The van der Waals surface area contributed by atoms with E-state index in [2.05, 4.69) is 28.7 Å². The highest BCUT2D eigenvalue weighted by atomic mass is 16.5. The van der Waals surface area contributed by atoms with Crippen molar-refractivity contribution in [2.24, 2.45) is 5.92 Å². The van der Waals surface area contributed by atoms with Gasteiger partial charge < -0.3 is 14.6 Å². The first-order valence-corrected chi connectivity index (χ1v) is 8.85. The number of H-pyrrole nitrogens is 1. The third kappa shape index (κ3) is 4.42. The zero-order valence-electron chi connectivity index (χ0n) is 14.6. The molecule has 2 aliphatic rings. The van der Waals surface area contributed by atoms with Gasteiger partial charge in [-0.05, 0) is 65.5 Å². The van der Waals surface area contributed by atoms with Crippen molar-refractivity contribution >= 4 is 0 Å². The molecule has 1 atom stereocenters. The first-order chi connectivity index (χ1) is 10.9. The fourth-order valence-corrected chi connectivity index (χ4v) is 4.10. The molecule has 1 N–H and O–H groups in total. The maximum absolute atomic E-state index is 11.6. The molecule has 0 spiro atoms. The maximum atomic E-state index is 11.6. The van der Waals surface area contributed by atoms with E-state index in [1.165, 1.54) is 13.0 Å². The molecule has 0 amide bonds. The second-order valence-electron chi connectivity index (χ2n) is 7.80. The van der Waals surface area contributed by atoms with Crippen molar-refractivity contribution in [3.63, 3.8) is 0 Å². The summed E-state index contributed by atoms with van der Waals surface area (Å²) in [5, 5.41) is 0. The van der Waals surface area contributed by atoms with Gasteiger partial charge in [0, 0.05) is 25.1 Å². The fraction of sp³-hybridized carbons (Fsp3) is 0.778. The lowest BCUT2D eigenvalue weighted by molar-refractivity contribution is -0.0774. The molecule has 2 fully saturated rings. The van der Waals surface area contributed by atoms with Crippen molar-refractivity contribution in [1.29, 1.82) is 0 Å². The Bertz CT molecular complexity index is 588. The molecule has 0 aromatic carbocycles. The van der Waals surface area contributed by atoms with Crippen molar-refractivity contribution in [2.75, 3.05) is 26.2 Å². The van der Waals surface area contributed by atoms with Crippen molar-refractivity contribution < 1.29 is 4.74 Å². The summed E-state index contributed by atoms with van der Waals surface area (Å²) in [6, 6.07) is 1.67. The van der Waals surface area contributed by atoms with Crippen LogP contribution in [0.25, 0.3) is 0 Å². The van der Waals surface area contributed by atoms with Gasteiger partial charge >= 0.3 is 0 Å². The normalized spacial score (nSPS) is 26.3. The fourth-order valence-electron chi connectivity index (χ4n) is 4.10. The predicted molar refractivity (Wildman–Crippen MR) is 90.8 cm³/mol. The smallest absolute Gasteiger partial charge is 0.251 e. The van der Waals surface area contributed by atoms with Crippen LogP contribution in [0.1, 0.15) is 57.0 Å². The Morgan fingerprint density at radius 1 is 1.35 bits per heavy atom. The maximum Gasteiger partial charge on any atom is 0.251 e. The Kier molecular flexibility index (Phi) is 4.87. The number of nitrogens with zero attached hydrogens (tertiary/aromatic N) is 2. The summed E-state index contributed by atoms with van der Waals surface area (Å²) in [5.41, 5.74) is 0.978. The van der Waals surface area contributed by atoms with Crippen molar-refractivity contribution in [3.8, 4) is 0 Å². The lowest BCUT2D eigenvalue weighted by Gasteiger charge is -2.39. The van der Waals surface area contributed by atoms with Gasteiger partial charge in [0.1, 0.15) is 5.82 Å². The van der Waals surface area contributed by atoms with Gasteiger partial charge in [-0.2, -0.15) is 0 Å². The Labute approximate surface area is 138 Å². The molecular weight excluding hydrogens is 290 g/mol. The lowest BCUT2D eigenvalue weighted by Crippen LogP contribution is -2.42. The number of nitrogens with one attached hydrogen (secondary N) is 1. The van der Waals surface area contributed by atoms with Crippen LogP contribution in [-0.4, -0.2) is 46.7 Å². The number of hydrogen-bond acceptors (Lipinski definition) is 4. The summed E-state index contributed by atoms with van der Waals surface area (Å²) in [6.07, 6.45) is 4.53. The zero-order valence-corrected chi connectivity index (χ0v) is 14.6. The lowest BCUT2D eigenvalue weighted by atomic mass is 9.87. The Hall–Kier alpha value is -1.20. The van der Waals surface area contributed by atoms with Crippen LogP contribution in [0.3, 0.4) is 0 Å². The molecule has 1 aromatic rings. The van der Waals surface area contributed by atoms with Crippen LogP contribution in [0.5, 0.6) is 0 Å². The molecule has 1 unspecified atom stereocenters. The number of aryl methyl sites for hydroxylation is 1. The number of hydrogen-bond donors (Lipinski definition) is 1. The number of piperidine rings is 1. The highest BCUT2D eigenvalue weighted by Gasteiger charge is 2.31. The second-order valence-corrected chi connectivity index (χ2v) is 7.80. The van der Waals surface area contributed by atoms with Crippen LogP contribution >= 0.6 is 0 Å². The summed E-state index contributed by atoms with van der Waals surface area (Å²) in [4.78, 5) is 21.5. The van der Waals surface area contributed by atoms with E-state index < -0.39 is 0 Å². The summed E-state index contributed by atoms with van der Waals surface area (Å²) < 4.78 is 5.82. The van der Waals surface area contributed by atoms with Gasteiger partial charge in [-0.1, -0.05) is 0 Å². The molecule has 1 aromatic heterocycles. The topological polar surface area (TPSA) is 58.2 Å². The number of rotatable bonds is 3. The van der Waals surface area contributed by atoms with Crippen LogP contribution < -0.4 is 5.56 Å². The first-order valence-electron chi connectivity index (χ1n) is 8.85. The van der Waals surface area contributed by atoms with Gasteiger partial charge in [-0.25, -0.2) is 4.98 Å². The molecular formula is C18H29N3O2. The molecule has 0 radical (unpaired) electrons. The van der Waals surface area contributed by atoms with Crippen LogP contribution in [0.15, 0.2) is 10.9 Å². The molecule has 2 saturated heterocycles. The number of likely N-dealkylation sites (tertiary alicyclic amines) is 1. The van der Waals surface area contributed by atoms with Crippen LogP contribution in [-0.2, 0) is 4.74 Å². The van der Waals surface area contributed by atoms with E-state index in [9.17, 15) is 4.79 Å². The predicted octanol–water partition coefficient (Wildman–Crippen LogP) is 2.46.